The summed E-state index contributed by atoms with van der Waals surface area (Å²) in [6.45, 7) is -13.3. The summed E-state index contributed by atoms with van der Waals surface area (Å²) in [6, 6.07) is 9.42. The lowest BCUT2D eigenvalue weighted by atomic mass is 10.2. The number of aryl methyl sites for hydroxylation is 1. The average Bonchev–Trinajstić information content (AvgIpc) is 3.73. The molecule has 12 heteroatoms. The average molecular weight is 515 g/mol. The molecule has 12 nitrogen and oxygen atoms in total. The molecule has 1 aliphatic rings. The summed E-state index contributed by atoms with van der Waals surface area (Å²) in [6.07, 6.45) is 2.63. The molecule has 0 aliphatic carbocycles. The third kappa shape index (κ3) is 4.68. The number of benzene rings is 1. The third-order valence-electron chi connectivity index (χ3n) is 5.53. The maximum atomic E-state index is 8.91. The number of hydrogen-bond donors (Lipinski definition) is 1. The second kappa shape index (κ2) is 10.1. The molecule has 5 aromatic rings. The zero-order valence-electron chi connectivity index (χ0n) is 30.3. The van der Waals surface area contributed by atoms with Gasteiger partial charge in [-0.15, -0.1) is 5.10 Å². The first kappa shape index (κ1) is 14.0. The Morgan fingerprint density at radius 3 is 2.76 bits per heavy atom. The Morgan fingerprint density at radius 2 is 1.97 bits per heavy atom. The molecule has 0 bridgehead atoms. The lowest BCUT2D eigenvalue weighted by Crippen LogP contribution is -2.47. The highest BCUT2D eigenvalue weighted by molar-refractivity contribution is 5.90. The van der Waals surface area contributed by atoms with E-state index < -0.39 is 46.1 Å². The summed E-state index contributed by atoms with van der Waals surface area (Å²) >= 11 is 0. The van der Waals surface area contributed by atoms with E-state index in [9.17, 15) is 0 Å². The van der Waals surface area contributed by atoms with Crippen molar-refractivity contribution in [1.82, 2.24) is 34.3 Å². The molecule has 0 spiro atoms. The minimum absolute atomic E-state index is 0.0396. The smallest absolute Gasteiger partial charge is 0.225 e. The number of hydrogen-bond acceptors (Lipinski definition) is 10. The van der Waals surface area contributed by atoms with E-state index in [1.807, 2.05) is 0 Å². The Bertz CT molecular complexity index is 1910. The van der Waals surface area contributed by atoms with Crippen LogP contribution in [0.1, 0.15) is 15.1 Å². The second-order valence-electron chi connectivity index (χ2n) is 7.83. The molecule has 0 atom stereocenters. The number of nitrogens with zero attached hydrogens (tertiary/aromatic N) is 8. The number of piperazine rings is 1. The molecule has 192 valence electrons. The van der Waals surface area contributed by atoms with Crippen LogP contribution in [0, 0.1) is 0 Å². The van der Waals surface area contributed by atoms with Crippen molar-refractivity contribution in [1.29, 1.82) is 0 Å². The highest BCUT2D eigenvalue weighted by atomic mass is 16.5. The van der Waals surface area contributed by atoms with Crippen molar-refractivity contribution in [2.45, 2.75) is 6.50 Å². The first-order valence-corrected chi connectivity index (χ1v) is 11.2. The van der Waals surface area contributed by atoms with Crippen LogP contribution in [0.3, 0.4) is 0 Å². The van der Waals surface area contributed by atoms with Crippen LogP contribution in [0.2, 0.25) is 0 Å². The number of rotatable bonds is 9. The van der Waals surface area contributed by atoms with Gasteiger partial charge in [-0.3, -0.25) is 4.90 Å². The number of aromatic nitrogens is 6. The zero-order valence-corrected chi connectivity index (χ0v) is 19.3. The highest BCUT2D eigenvalue weighted by Gasteiger charge is 2.20. The van der Waals surface area contributed by atoms with Gasteiger partial charge in [0.2, 0.25) is 11.8 Å². The molecule has 1 fully saturated rings. The van der Waals surface area contributed by atoms with Gasteiger partial charge in [-0.1, -0.05) is 0 Å². The van der Waals surface area contributed by atoms with Gasteiger partial charge in [0, 0.05) is 53.5 Å². The minimum atomic E-state index is -3.35. The molecular formula is C25H29N9O3. The maximum absolute atomic E-state index is 8.91. The molecule has 6 rings (SSSR count). The topological polar surface area (TPSA) is 125 Å². The van der Waals surface area contributed by atoms with Crippen molar-refractivity contribution in [3.63, 3.8) is 0 Å². The summed E-state index contributed by atoms with van der Waals surface area (Å²) in [7, 11) is -2.55. The first-order chi connectivity index (χ1) is 22.3. The Morgan fingerprint density at radius 1 is 1.11 bits per heavy atom. The van der Waals surface area contributed by atoms with Crippen LogP contribution in [0.25, 0.3) is 28.3 Å². The fourth-order valence-electron chi connectivity index (χ4n) is 3.74. The van der Waals surface area contributed by atoms with Crippen LogP contribution in [-0.4, -0.2) is 87.1 Å². The van der Waals surface area contributed by atoms with Crippen LogP contribution in [0.4, 0.5) is 11.6 Å². The number of ether oxygens (including phenoxy) is 2. The first-order valence-electron chi connectivity index (χ1n) is 16.7. The number of methoxy groups -OCH3 is 1. The van der Waals surface area contributed by atoms with Gasteiger partial charge in [-0.2, -0.15) is 14.6 Å². The number of anilines is 2. The van der Waals surface area contributed by atoms with Crippen LogP contribution >= 0.6 is 0 Å². The minimum Gasteiger partial charge on any atom is -0.491 e. The number of nitrogens with two attached hydrogens (primary N) is 1. The number of furan rings is 1. The summed E-state index contributed by atoms with van der Waals surface area (Å²) in [5, 5.41) is 8.48. The van der Waals surface area contributed by atoms with E-state index in [4.69, 9.17) is 30.0 Å². The van der Waals surface area contributed by atoms with Crippen LogP contribution in [0.15, 0.2) is 53.3 Å². The maximum Gasteiger partial charge on any atom is 0.225 e. The molecular weight excluding hydrogens is 474 g/mol. The van der Waals surface area contributed by atoms with Crippen LogP contribution in [-0.2, 0) is 11.2 Å². The standard InChI is InChI=1S/C25H29N9O3/c1-35-15-16-36-19-6-4-18(5-7-19)32-11-8-31(9-12-32)10-13-33-23-20(17-27-33)24-28-22(21-3-2-14-37-21)30-34(24)25(26)29-23/h2-7,14,17H,8-13,15-16H2,1H3,(H2,26,29)/i1D3,8D2,9D2,10D2,13D2. The summed E-state index contributed by atoms with van der Waals surface area (Å²) < 4.78 is 109. The Labute approximate surface area is 228 Å². The van der Waals surface area contributed by atoms with Crippen molar-refractivity contribution in [3.8, 4) is 17.3 Å². The Kier molecular flexibility index (Phi) is 3.80. The molecule has 4 aromatic heterocycles. The van der Waals surface area contributed by atoms with Gasteiger partial charge < -0.3 is 24.5 Å². The fourth-order valence-corrected chi connectivity index (χ4v) is 3.74. The third-order valence-corrected chi connectivity index (χ3v) is 5.53. The quantitative estimate of drug-likeness (QED) is 0.293. The van der Waals surface area contributed by atoms with Gasteiger partial charge in [-0.25, -0.2) is 9.67 Å². The van der Waals surface area contributed by atoms with E-state index >= 15 is 0 Å². The molecule has 0 saturated carbocycles. The monoisotopic (exact) mass is 514 g/mol. The van der Waals surface area contributed by atoms with Crippen molar-refractivity contribution < 1.29 is 29.0 Å². The van der Waals surface area contributed by atoms with Gasteiger partial charge in [0.05, 0.1) is 37.8 Å². The van der Waals surface area contributed by atoms with E-state index in [1.165, 1.54) is 34.0 Å². The van der Waals surface area contributed by atoms with E-state index in [-0.39, 0.29) is 46.6 Å². The summed E-state index contributed by atoms with van der Waals surface area (Å²) in [5.74, 6) is 0.634. The number of nitrogen functional groups attached to an aromatic ring is 1. The Balaban J connectivity index is 1.26. The molecule has 2 N–H and O–H groups in total. The van der Waals surface area contributed by atoms with Gasteiger partial charge >= 0.3 is 0 Å². The summed E-state index contributed by atoms with van der Waals surface area (Å²) in [4.78, 5) is 10.2. The molecule has 1 aromatic carbocycles. The fraction of sp³-hybridized carbons (Fsp3) is 0.360. The Hall–Kier alpha value is -4.16. The largest absolute Gasteiger partial charge is 0.491 e. The zero-order chi connectivity index (χ0) is 34.9. The van der Waals surface area contributed by atoms with Crippen molar-refractivity contribution in [2.75, 3.05) is 63.5 Å². The molecule has 1 aliphatic heterocycles. The van der Waals surface area contributed by atoms with Gasteiger partial charge in [0.1, 0.15) is 12.4 Å². The molecule has 0 unspecified atom stereocenters. The van der Waals surface area contributed by atoms with Crippen LogP contribution < -0.4 is 15.4 Å². The van der Waals surface area contributed by atoms with Crippen LogP contribution in [0.5, 0.6) is 5.75 Å². The molecule has 0 radical (unpaired) electrons. The lowest BCUT2D eigenvalue weighted by molar-refractivity contribution is 0.146. The van der Waals surface area contributed by atoms with Gasteiger partial charge in [0.15, 0.2) is 17.1 Å². The van der Waals surface area contributed by atoms with E-state index in [2.05, 4.69) is 24.9 Å². The SMILES string of the molecule is [2H]C([2H])([2H])OCCOc1ccc(N2CC([2H])([2H])N(C([2H])([2H])C([2H])([2H])n3ncc4c3nc(N)n3nc(-c5ccco5)nc43)C([2H])([2H])C2)cc1. The van der Waals surface area contributed by atoms with Gasteiger partial charge in [-0.05, 0) is 36.4 Å². The number of fused-ring (bicyclic) bond motifs is 3. The normalized spacial score (nSPS) is 22.9. The second-order valence-corrected chi connectivity index (χ2v) is 7.83. The predicted octanol–water partition coefficient (Wildman–Crippen LogP) is 2.16. The van der Waals surface area contributed by atoms with Crippen molar-refractivity contribution >= 4 is 28.3 Å². The van der Waals surface area contributed by atoms with Gasteiger partial charge in [0.25, 0.3) is 0 Å². The van der Waals surface area contributed by atoms with E-state index in [1.54, 1.807) is 24.3 Å². The molecule has 37 heavy (non-hydrogen) atoms. The van der Waals surface area contributed by atoms with Crippen molar-refractivity contribution in [3.05, 3.63) is 48.9 Å². The van der Waals surface area contributed by atoms with Crippen molar-refractivity contribution in [2.24, 2.45) is 0 Å². The van der Waals surface area contributed by atoms with E-state index in [0.29, 0.717) is 21.9 Å². The summed E-state index contributed by atoms with van der Waals surface area (Å²) in [5.41, 5.74) is 6.41. The molecule has 1 saturated heterocycles. The highest BCUT2D eigenvalue weighted by Crippen LogP contribution is 2.24. The predicted molar refractivity (Wildman–Crippen MR) is 139 cm³/mol. The molecule has 0 amide bonds. The lowest BCUT2D eigenvalue weighted by Gasteiger charge is -2.36. The molecule has 5 heterocycles. The van der Waals surface area contributed by atoms with E-state index in [0.717, 1.165) is 0 Å².